The minimum Gasteiger partial charge on any atom is -0.550 e. The first kappa shape index (κ1) is 17.8. The van der Waals surface area contributed by atoms with Crippen molar-refractivity contribution < 1.29 is 4.43 Å². The third-order valence-electron chi connectivity index (χ3n) is 4.32. The smallest absolute Gasteiger partial charge is 0.229 e. The molecule has 1 rings (SSSR count). The Labute approximate surface area is 128 Å². The zero-order chi connectivity index (χ0) is 15.0. The first-order chi connectivity index (χ1) is 9.39. The molecule has 0 fully saturated rings. The van der Waals surface area contributed by atoms with Crippen molar-refractivity contribution in [3.05, 3.63) is 11.8 Å². The molecule has 0 radical (unpaired) electrons. The Kier molecular flexibility index (Phi) is 7.94. The molecule has 1 nitrogen and oxygen atoms in total. The topological polar surface area (TPSA) is 9.23 Å². The van der Waals surface area contributed by atoms with E-state index in [2.05, 4.69) is 39.9 Å². The second-order valence-corrected chi connectivity index (χ2v) is 10.1. The molecule has 0 amide bonds. The second-order valence-electron chi connectivity index (χ2n) is 7.79. The van der Waals surface area contributed by atoms with Crippen LogP contribution in [0.25, 0.3) is 0 Å². The number of hydrogen-bond donors (Lipinski definition) is 0. The van der Waals surface area contributed by atoms with E-state index in [4.69, 9.17) is 4.43 Å². The van der Waals surface area contributed by atoms with Crippen LogP contribution >= 0.6 is 0 Å². The summed E-state index contributed by atoms with van der Waals surface area (Å²) in [4.78, 5) is 0. The normalized spacial score (nSPS) is 26.3. The van der Waals surface area contributed by atoms with Crippen molar-refractivity contribution in [2.45, 2.75) is 91.7 Å². The molecule has 0 N–H and O–H groups in total. The van der Waals surface area contributed by atoms with Crippen LogP contribution in [0.3, 0.4) is 0 Å². The molecule has 0 spiro atoms. The molecule has 2 heteroatoms. The molecule has 0 aromatic carbocycles. The molecule has 0 bridgehead atoms. The predicted octanol–water partition coefficient (Wildman–Crippen LogP) is 6.06. The van der Waals surface area contributed by atoms with E-state index in [1.54, 1.807) is 0 Å². The Morgan fingerprint density at radius 2 is 1.50 bits per heavy atom. The van der Waals surface area contributed by atoms with Gasteiger partial charge in [-0.1, -0.05) is 59.3 Å². The average Bonchev–Trinajstić information content (AvgIpc) is 2.30. The van der Waals surface area contributed by atoms with Crippen molar-refractivity contribution in [2.24, 2.45) is 11.3 Å². The van der Waals surface area contributed by atoms with Gasteiger partial charge < -0.3 is 4.43 Å². The van der Waals surface area contributed by atoms with Crippen LogP contribution < -0.4 is 0 Å². The molecule has 0 aromatic heterocycles. The van der Waals surface area contributed by atoms with Gasteiger partial charge in [0.25, 0.3) is 0 Å². The lowest BCUT2D eigenvalue weighted by Gasteiger charge is -2.30. The molecule has 0 saturated heterocycles. The maximum absolute atomic E-state index is 6.22. The number of allylic oxidation sites excluding steroid dienone is 2. The van der Waals surface area contributed by atoms with Crippen molar-refractivity contribution in [3.63, 3.8) is 0 Å². The Hall–Kier alpha value is -0.243. The van der Waals surface area contributed by atoms with Crippen molar-refractivity contribution in [2.75, 3.05) is 0 Å². The SMILES string of the molecule is C[SiH](C)O/C1=C\C(C(C)(C)C)CCCCCCCCC1. The highest BCUT2D eigenvalue weighted by atomic mass is 28.3. The highest BCUT2D eigenvalue weighted by Crippen LogP contribution is 2.34. The van der Waals surface area contributed by atoms with Crippen molar-refractivity contribution in [1.82, 2.24) is 0 Å². The van der Waals surface area contributed by atoms with Crippen LogP contribution in [-0.4, -0.2) is 9.04 Å². The zero-order valence-corrected chi connectivity index (χ0v) is 15.7. The molecule has 1 atom stereocenters. The maximum atomic E-state index is 6.22. The summed E-state index contributed by atoms with van der Waals surface area (Å²) in [6.07, 6.45) is 14.7. The molecule has 1 aliphatic carbocycles. The van der Waals surface area contributed by atoms with Crippen LogP contribution in [0, 0.1) is 11.3 Å². The van der Waals surface area contributed by atoms with E-state index in [1.807, 2.05) is 0 Å². The fraction of sp³-hybridized carbons (Fsp3) is 0.889. The monoisotopic (exact) mass is 296 g/mol. The molecule has 0 aromatic rings. The standard InChI is InChI=1S/C18H36OSi/c1-18(2,3)16-13-11-9-7-6-8-10-12-14-17(15-16)19-20(4)5/h15-16,20H,6-14H2,1-5H3/b17-15-. The molecule has 118 valence electrons. The molecule has 0 heterocycles. The number of hydrogen-bond acceptors (Lipinski definition) is 1. The Balaban J connectivity index is 2.80. The lowest BCUT2D eigenvalue weighted by molar-refractivity contribution is 0.260. The van der Waals surface area contributed by atoms with E-state index in [0.29, 0.717) is 11.3 Å². The first-order valence-electron chi connectivity index (χ1n) is 8.77. The van der Waals surface area contributed by atoms with E-state index < -0.39 is 9.04 Å². The van der Waals surface area contributed by atoms with Gasteiger partial charge in [0.15, 0.2) is 0 Å². The molecule has 1 unspecified atom stereocenters. The molecular formula is C18H36OSi. The summed E-state index contributed by atoms with van der Waals surface area (Å²) in [6, 6.07) is 0. The van der Waals surface area contributed by atoms with E-state index in [9.17, 15) is 0 Å². The van der Waals surface area contributed by atoms with Gasteiger partial charge in [0.1, 0.15) is 0 Å². The van der Waals surface area contributed by atoms with E-state index in [0.717, 1.165) is 6.42 Å². The van der Waals surface area contributed by atoms with E-state index in [-0.39, 0.29) is 0 Å². The van der Waals surface area contributed by atoms with Crippen LogP contribution in [0.1, 0.15) is 78.6 Å². The van der Waals surface area contributed by atoms with Gasteiger partial charge in [0, 0.05) is 6.42 Å². The lowest BCUT2D eigenvalue weighted by atomic mass is 9.77. The van der Waals surface area contributed by atoms with Gasteiger partial charge in [-0.15, -0.1) is 0 Å². The first-order valence-corrected chi connectivity index (χ1v) is 11.5. The Morgan fingerprint density at radius 1 is 0.950 bits per heavy atom. The fourth-order valence-electron chi connectivity index (χ4n) is 3.02. The molecular weight excluding hydrogens is 260 g/mol. The third kappa shape index (κ3) is 7.52. The lowest BCUT2D eigenvalue weighted by Crippen LogP contribution is -2.20. The number of rotatable bonds is 2. The van der Waals surface area contributed by atoms with Crippen molar-refractivity contribution in [1.29, 1.82) is 0 Å². The minimum absolute atomic E-state index is 0.358. The summed E-state index contributed by atoms with van der Waals surface area (Å²) in [5.41, 5.74) is 0.358. The van der Waals surface area contributed by atoms with Gasteiger partial charge in [-0.3, -0.25) is 0 Å². The zero-order valence-electron chi connectivity index (χ0n) is 14.5. The van der Waals surface area contributed by atoms with Crippen LogP contribution in [0.15, 0.2) is 11.8 Å². The summed E-state index contributed by atoms with van der Waals surface area (Å²) < 4.78 is 6.22. The van der Waals surface area contributed by atoms with Gasteiger partial charge >= 0.3 is 0 Å². The predicted molar refractivity (Wildman–Crippen MR) is 92.5 cm³/mol. The highest BCUT2D eigenvalue weighted by Gasteiger charge is 2.23. The highest BCUT2D eigenvalue weighted by molar-refractivity contribution is 6.48. The maximum Gasteiger partial charge on any atom is 0.229 e. The van der Waals surface area contributed by atoms with Gasteiger partial charge in [-0.05, 0) is 43.3 Å². The molecule has 0 saturated carbocycles. The summed E-state index contributed by atoms with van der Waals surface area (Å²) in [5.74, 6) is 1.98. The third-order valence-corrected chi connectivity index (χ3v) is 5.10. The quantitative estimate of drug-likeness (QED) is 0.563. The summed E-state index contributed by atoms with van der Waals surface area (Å²) in [6.45, 7) is 11.7. The average molecular weight is 297 g/mol. The molecule has 0 aliphatic heterocycles. The molecule has 1 aliphatic rings. The summed E-state index contributed by atoms with van der Waals surface area (Å²) >= 11 is 0. The summed E-state index contributed by atoms with van der Waals surface area (Å²) in [5, 5.41) is 0. The van der Waals surface area contributed by atoms with E-state index >= 15 is 0 Å². The Morgan fingerprint density at radius 3 is 2.05 bits per heavy atom. The van der Waals surface area contributed by atoms with Crippen LogP contribution in [-0.2, 0) is 4.43 Å². The van der Waals surface area contributed by atoms with E-state index in [1.165, 1.54) is 57.1 Å². The van der Waals surface area contributed by atoms with Gasteiger partial charge in [-0.25, -0.2) is 0 Å². The molecule has 20 heavy (non-hydrogen) atoms. The van der Waals surface area contributed by atoms with Crippen molar-refractivity contribution >= 4 is 9.04 Å². The van der Waals surface area contributed by atoms with Crippen molar-refractivity contribution in [3.8, 4) is 0 Å². The van der Waals surface area contributed by atoms with Crippen LogP contribution in [0.5, 0.6) is 0 Å². The summed E-state index contributed by atoms with van der Waals surface area (Å²) in [7, 11) is -0.974. The Bertz CT molecular complexity index is 288. The van der Waals surface area contributed by atoms with Gasteiger partial charge in [0.2, 0.25) is 9.04 Å². The second kappa shape index (κ2) is 8.91. The van der Waals surface area contributed by atoms with Gasteiger partial charge in [0.05, 0.1) is 5.76 Å². The van der Waals surface area contributed by atoms with Gasteiger partial charge in [-0.2, -0.15) is 0 Å². The minimum atomic E-state index is -0.974. The van der Waals surface area contributed by atoms with Crippen LogP contribution in [0.4, 0.5) is 0 Å². The fourth-order valence-corrected chi connectivity index (χ4v) is 3.82. The largest absolute Gasteiger partial charge is 0.550 e. The van der Waals surface area contributed by atoms with Crippen LogP contribution in [0.2, 0.25) is 13.1 Å².